The molecule has 1 fully saturated rings. The highest BCUT2D eigenvalue weighted by molar-refractivity contribution is 6.28. The van der Waals surface area contributed by atoms with Gasteiger partial charge in [-0.05, 0) is 49.7 Å². The fourth-order valence-corrected chi connectivity index (χ4v) is 3.08. The van der Waals surface area contributed by atoms with Crippen molar-refractivity contribution in [3.8, 4) is 0 Å². The van der Waals surface area contributed by atoms with Gasteiger partial charge in [0.05, 0.1) is 17.8 Å². The first-order valence-corrected chi connectivity index (χ1v) is 7.60. The van der Waals surface area contributed by atoms with E-state index in [1.807, 2.05) is 13.1 Å². The maximum Gasteiger partial charge on any atom is 0.193 e. The summed E-state index contributed by atoms with van der Waals surface area (Å²) in [5.41, 5.74) is 1.09. The van der Waals surface area contributed by atoms with Gasteiger partial charge in [0.2, 0.25) is 0 Å². The van der Waals surface area contributed by atoms with Crippen LogP contribution in [0.25, 0.3) is 0 Å². The minimum absolute atomic E-state index is 0.106. The van der Waals surface area contributed by atoms with Crippen LogP contribution >= 0.6 is 11.6 Å². The van der Waals surface area contributed by atoms with Crippen molar-refractivity contribution in [2.75, 3.05) is 7.05 Å². The average molecular weight is 294 g/mol. The molecule has 1 aliphatic carbocycles. The molecule has 0 spiro atoms. The molecule has 1 saturated carbocycles. The van der Waals surface area contributed by atoms with Crippen LogP contribution in [-0.4, -0.2) is 16.8 Å². The Morgan fingerprint density at radius 3 is 2.85 bits per heavy atom. The molecule has 0 radical (unpaired) electrons. The fourth-order valence-electron chi connectivity index (χ4n) is 2.93. The second-order valence-electron chi connectivity index (χ2n) is 5.41. The van der Waals surface area contributed by atoms with E-state index in [4.69, 9.17) is 21.1 Å². The fraction of sp³-hybridized carbons (Fsp3) is 0.533. The van der Waals surface area contributed by atoms with E-state index in [1.54, 1.807) is 6.07 Å². The van der Waals surface area contributed by atoms with Crippen molar-refractivity contribution in [2.45, 2.75) is 44.2 Å². The Labute approximate surface area is 124 Å². The maximum atomic E-state index is 5.84. The molecule has 2 heterocycles. The van der Waals surface area contributed by atoms with Crippen LogP contribution in [0.4, 0.5) is 0 Å². The van der Waals surface area contributed by atoms with E-state index in [9.17, 15) is 0 Å². The molecule has 1 unspecified atom stereocenters. The lowest BCUT2D eigenvalue weighted by Gasteiger charge is -2.12. The van der Waals surface area contributed by atoms with Gasteiger partial charge in [0.1, 0.15) is 5.76 Å². The topological polar surface area (TPSA) is 43.0 Å². The molecule has 3 rings (SSSR count). The summed E-state index contributed by atoms with van der Waals surface area (Å²) in [4.78, 5) is 0. The van der Waals surface area contributed by atoms with Crippen LogP contribution in [0.5, 0.6) is 0 Å². The molecule has 0 aliphatic heterocycles. The van der Waals surface area contributed by atoms with Crippen LogP contribution in [0, 0.1) is 0 Å². The maximum absolute atomic E-state index is 5.84. The predicted octanol–water partition coefficient (Wildman–Crippen LogP) is 3.75. The lowest BCUT2D eigenvalue weighted by Crippen LogP contribution is -2.18. The Kier molecular flexibility index (Phi) is 4.13. The summed E-state index contributed by atoms with van der Waals surface area (Å²) in [6.45, 7) is 0. The van der Waals surface area contributed by atoms with Gasteiger partial charge in [-0.15, -0.1) is 0 Å². The highest BCUT2D eigenvalue weighted by atomic mass is 35.5. The van der Waals surface area contributed by atoms with Gasteiger partial charge in [-0.2, -0.15) is 5.10 Å². The molecule has 0 bridgehead atoms. The minimum atomic E-state index is 0.106. The molecule has 20 heavy (non-hydrogen) atoms. The lowest BCUT2D eigenvalue weighted by molar-refractivity contribution is 0.421. The molecule has 2 aromatic heterocycles. The highest BCUT2D eigenvalue weighted by Gasteiger charge is 2.19. The molecule has 4 nitrogen and oxygen atoms in total. The zero-order valence-electron chi connectivity index (χ0n) is 11.7. The molecular formula is C15H20ClN3O. The van der Waals surface area contributed by atoms with Gasteiger partial charge >= 0.3 is 0 Å². The van der Waals surface area contributed by atoms with Crippen molar-refractivity contribution in [1.82, 2.24) is 15.1 Å². The third-order valence-electron chi connectivity index (χ3n) is 4.06. The molecular weight excluding hydrogens is 274 g/mol. The molecule has 5 heteroatoms. The van der Waals surface area contributed by atoms with Crippen LogP contribution in [0.15, 0.2) is 28.8 Å². The number of hydrogen-bond acceptors (Lipinski definition) is 3. The molecule has 1 atom stereocenters. The molecule has 0 aromatic carbocycles. The van der Waals surface area contributed by atoms with Crippen LogP contribution in [0.2, 0.25) is 5.22 Å². The normalized spacial score (nSPS) is 17.7. The smallest absolute Gasteiger partial charge is 0.193 e. The number of likely N-dealkylation sites (N-methyl/N-ethyl adjacent to an activating group) is 1. The Morgan fingerprint density at radius 2 is 2.20 bits per heavy atom. The Hall–Kier alpha value is -1.26. The average Bonchev–Trinajstić information content (AvgIpc) is 3.16. The first-order chi connectivity index (χ1) is 9.76. The zero-order chi connectivity index (χ0) is 13.9. The summed E-state index contributed by atoms with van der Waals surface area (Å²) in [5, 5.41) is 8.40. The molecule has 0 amide bonds. The molecule has 1 N–H and O–H groups in total. The summed E-state index contributed by atoms with van der Waals surface area (Å²) in [6, 6.07) is 6.49. The van der Waals surface area contributed by atoms with Gasteiger partial charge in [-0.3, -0.25) is 4.68 Å². The van der Waals surface area contributed by atoms with Crippen molar-refractivity contribution < 1.29 is 4.42 Å². The number of rotatable bonds is 5. The number of nitrogens with one attached hydrogen (secondary N) is 1. The van der Waals surface area contributed by atoms with Crippen LogP contribution < -0.4 is 5.32 Å². The van der Waals surface area contributed by atoms with Crippen LogP contribution in [0.1, 0.15) is 49.2 Å². The van der Waals surface area contributed by atoms with Gasteiger partial charge in [0.15, 0.2) is 5.22 Å². The Bertz CT molecular complexity index is 557. The number of furan rings is 1. The van der Waals surface area contributed by atoms with Crippen molar-refractivity contribution in [1.29, 1.82) is 0 Å². The number of aromatic nitrogens is 2. The molecule has 2 aromatic rings. The van der Waals surface area contributed by atoms with Gasteiger partial charge < -0.3 is 9.73 Å². The third kappa shape index (κ3) is 2.91. The standard InChI is InChI=1S/C15H20ClN3O/c1-17-13(14-6-7-15(16)20-14)10-11-8-9-19(18-11)12-4-2-3-5-12/h6-9,12-13,17H,2-5,10H2,1H3. The van der Waals surface area contributed by atoms with Gasteiger partial charge in [-0.25, -0.2) is 0 Å². The number of hydrogen-bond donors (Lipinski definition) is 1. The van der Waals surface area contributed by atoms with E-state index < -0.39 is 0 Å². The Morgan fingerprint density at radius 1 is 1.40 bits per heavy atom. The van der Waals surface area contributed by atoms with E-state index in [-0.39, 0.29) is 6.04 Å². The molecule has 108 valence electrons. The highest BCUT2D eigenvalue weighted by Crippen LogP contribution is 2.29. The largest absolute Gasteiger partial charge is 0.448 e. The van der Waals surface area contributed by atoms with Crippen molar-refractivity contribution in [3.63, 3.8) is 0 Å². The van der Waals surface area contributed by atoms with E-state index in [0.717, 1.165) is 17.9 Å². The first-order valence-electron chi connectivity index (χ1n) is 7.23. The number of halogens is 1. The van der Waals surface area contributed by atoms with Gasteiger partial charge in [0, 0.05) is 12.6 Å². The molecule has 1 aliphatic rings. The Balaban J connectivity index is 1.69. The van der Waals surface area contributed by atoms with Gasteiger partial charge in [-0.1, -0.05) is 12.8 Å². The summed E-state index contributed by atoms with van der Waals surface area (Å²) in [7, 11) is 1.93. The minimum Gasteiger partial charge on any atom is -0.448 e. The quantitative estimate of drug-likeness (QED) is 0.913. The summed E-state index contributed by atoms with van der Waals surface area (Å²) < 4.78 is 7.61. The van der Waals surface area contributed by atoms with E-state index in [0.29, 0.717) is 11.3 Å². The molecule has 0 saturated heterocycles. The SMILES string of the molecule is CNC(Cc1ccn(C2CCCC2)n1)c1ccc(Cl)o1. The van der Waals surface area contributed by atoms with Crippen LogP contribution in [-0.2, 0) is 6.42 Å². The van der Waals surface area contributed by atoms with Gasteiger partial charge in [0.25, 0.3) is 0 Å². The monoisotopic (exact) mass is 293 g/mol. The van der Waals surface area contributed by atoms with E-state index >= 15 is 0 Å². The van der Waals surface area contributed by atoms with Crippen LogP contribution in [0.3, 0.4) is 0 Å². The van der Waals surface area contributed by atoms with Crippen molar-refractivity contribution in [3.05, 3.63) is 41.1 Å². The summed E-state index contributed by atoms with van der Waals surface area (Å²) >= 11 is 5.84. The first kappa shape index (κ1) is 13.7. The second kappa shape index (κ2) is 6.02. The number of nitrogens with zero attached hydrogens (tertiary/aromatic N) is 2. The zero-order valence-corrected chi connectivity index (χ0v) is 12.4. The van der Waals surface area contributed by atoms with Crippen molar-refractivity contribution in [2.24, 2.45) is 0 Å². The second-order valence-corrected chi connectivity index (χ2v) is 5.79. The van der Waals surface area contributed by atoms with E-state index in [2.05, 4.69) is 22.3 Å². The van der Waals surface area contributed by atoms with E-state index in [1.165, 1.54) is 25.7 Å². The third-order valence-corrected chi connectivity index (χ3v) is 4.26. The summed E-state index contributed by atoms with van der Waals surface area (Å²) in [5.74, 6) is 0.855. The summed E-state index contributed by atoms with van der Waals surface area (Å²) in [6.07, 6.45) is 8.07. The predicted molar refractivity (Wildman–Crippen MR) is 79.0 cm³/mol. The lowest BCUT2D eigenvalue weighted by atomic mass is 10.1. The van der Waals surface area contributed by atoms with Crippen molar-refractivity contribution >= 4 is 11.6 Å².